The Balaban J connectivity index is 1.41. The summed E-state index contributed by atoms with van der Waals surface area (Å²) in [7, 11) is 0. The topological polar surface area (TPSA) is 67.9 Å². The molecule has 1 heterocycles. The molecule has 0 aromatic heterocycles. The second kappa shape index (κ2) is 10.9. The molecule has 0 saturated carbocycles. The van der Waals surface area contributed by atoms with Gasteiger partial charge in [0.2, 0.25) is 0 Å². The zero-order valence-electron chi connectivity index (χ0n) is 20.2. The molecule has 4 aromatic rings. The third-order valence-corrected chi connectivity index (χ3v) is 6.63. The van der Waals surface area contributed by atoms with Gasteiger partial charge in [-0.3, -0.25) is 9.69 Å². The summed E-state index contributed by atoms with van der Waals surface area (Å²) in [6.45, 7) is 2.53. The van der Waals surface area contributed by atoms with Gasteiger partial charge in [-0.1, -0.05) is 52.3 Å². The van der Waals surface area contributed by atoms with Crippen molar-refractivity contribution in [2.75, 3.05) is 16.8 Å². The van der Waals surface area contributed by atoms with Crippen LogP contribution in [0.15, 0.2) is 102 Å². The van der Waals surface area contributed by atoms with Crippen molar-refractivity contribution in [1.29, 1.82) is 0 Å². The molecule has 1 N–H and O–H groups in total. The second-order valence-corrected chi connectivity index (χ2v) is 9.43. The third kappa shape index (κ3) is 5.37. The van der Waals surface area contributed by atoms with E-state index < -0.39 is 12.1 Å². The van der Waals surface area contributed by atoms with Crippen molar-refractivity contribution in [3.05, 3.63) is 124 Å². The number of nitrogens with zero attached hydrogens (tertiary/aromatic N) is 1. The minimum absolute atomic E-state index is 0.126. The molecule has 186 valence electrons. The number of para-hydroxylation sites is 1. The monoisotopic (exact) mass is 556 g/mol. The van der Waals surface area contributed by atoms with E-state index >= 15 is 0 Å². The van der Waals surface area contributed by atoms with Crippen LogP contribution in [0, 0.1) is 0 Å². The van der Waals surface area contributed by atoms with Crippen LogP contribution in [-0.2, 0) is 11.3 Å². The Hall–Kier alpha value is -4.10. The standard InChI is InChI=1S/C30H25BrN2O4/c1-2-36-30(35)22-9-15-24(16-10-22)33-28(32-27-6-4-3-5-26(27)29(33)34)21-11-17-25(18-12-21)37-19-20-7-13-23(31)14-8-20/h3-18,28,32H,2,19H2,1H3/t28-/m1/s1. The number of anilines is 2. The van der Waals surface area contributed by atoms with E-state index in [0.29, 0.717) is 30.0 Å². The van der Waals surface area contributed by atoms with Gasteiger partial charge < -0.3 is 14.8 Å². The maximum absolute atomic E-state index is 13.6. The molecular weight excluding hydrogens is 532 g/mol. The summed E-state index contributed by atoms with van der Waals surface area (Å²) in [5, 5.41) is 3.50. The molecule has 1 aliphatic heterocycles. The van der Waals surface area contributed by atoms with Crippen molar-refractivity contribution in [2.45, 2.75) is 19.7 Å². The van der Waals surface area contributed by atoms with Crippen LogP contribution < -0.4 is 15.0 Å². The normalized spacial score (nSPS) is 14.5. The number of rotatable bonds is 7. The van der Waals surface area contributed by atoms with Crippen molar-refractivity contribution >= 4 is 39.2 Å². The highest BCUT2D eigenvalue weighted by atomic mass is 79.9. The predicted molar refractivity (Wildman–Crippen MR) is 147 cm³/mol. The first-order chi connectivity index (χ1) is 18.0. The molecule has 0 spiro atoms. The molecule has 37 heavy (non-hydrogen) atoms. The predicted octanol–water partition coefficient (Wildman–Crippen LogP) is 6.98. The zero-order chi connectivity index (χ0) is 25.8. The number of carbonyl (C=O) groups excluding carboxylic acids is 2. The quantitative estimate of drug-likeness (QED) is 0.249. The van der Waals surface area contributed by atoms with E-state index in [1.807, 2.05) is 66.7 Å². The molecule has 1 aliphatic rings. The molecule has 0 fully saturated rings. The Labute approximate surface area is 224 Å². The average molecular weight is 557 g/mol. The number of hydrogen-bond donors (Lipinski definition) is 1. The van der Waals surface area contributed by atoms with E-state index in [-0.39, 0.29) is 5.91 Å². The molecule has 0 saturated heterocycles. The zero-order valence-corrected chi connectivity index (χ0v) is 21.8. The summed E-state index contributed by atoms with van der Waals surface area (Å²) in [6, 6.07) is 30.1. The van der Waals surface area contributed by atoms with E-state index in [1.165, 1.54) is 0 Å². The number of fused-ring (bicyclic) bond motifs is 1. The summed E-state index contributed by atoms with van der Waals surface area (Å²) >= 11 is 3.44. The minimum Gasteiger partial charge on any atom is -0.489 e. The van der Waals surface area contributed by atoms with Gasteiger partial charge in [0.05, 0.1) is 17.7 Å². The number of halogens is 1. The van der Waals surface area contributed by atoms with Gasteiger partial charge >= 0.3 is 5.97 Å². The first-order valence-corrected chi connectivity index (χ1v) is 12.8. The SMILES string of the molecule is CCOC(=O)c1ccc(N2C(=O)c3ccccc3N[C@H]2c2ccc(OCc3ccc(Br)cc3)cc2)cc1. The van der Waals surface area contributed by atoms with Gasteiger partial charge in [-0.05, 0) is 78.7 Å². The molecule has 6 nitrogen and oxygen atoms in total. The fraction of sp³-hybridized carbons (Fsp3) is 0.133. The van der Waals surface area contributed by atoms with Crippen LogP contribution in [0.4, 0.5) is 11.4 Å². The molecule has 7 heteroatoms. The highest BCUT2D eigenvalue weighted by Gasteiger charge is 2.34. The fourth-order valence-corrected chi connectivity index (χ4v) is 4.48. The molecular formula is C30H25BrN2O4. The summed E-state index contributed by atoms with van der Waals surface area (Å²) in [5.41, 5.74) is 4.43. The van der Waals surface area contributed by atoms with E-state index in [0.717, 1.165) is 27.0 Å². The summed E-state index contributed by atoms with van der Waals surface area (Å²) in [4.78, 5) is 27.4. The lowest BCUT2D eigenvalue weighted by atomic mass is 10.0. The molecule has 0 bridgehead atoms. The highest BCUT2D eigenvalue weighted by Crippen LogP contribution is 2.37. The third-order valence-electron chi connectivity index (χ3n) is 6.10. The number of ether oxygens (including phenoxy) is 2. The van der Waals surface area contributed by atoms with Gasteiger partial charge in [-0.25, -0.2) is 4.79 Å². The summed E-state index contributed by atoms with van der Waals surface area (Å²) in [6.07, 6.45) is -0.448. The summed E-state index contributed by atoms with van der Waals surface area (Å²) < 4.78 is 12.1. The van der Waals surface area contributed by atoms with E-state index in [2.05, 4.69) is 21.2 Å². The summed E-state index contributed by atoms with van der Waals surface area (Å²) in [5.74, 6) is 0.219. The van der Waals surface area contributed by atoms with E-state index in [1.54, 1.807) is 42.2 Å². The molecule has 0 aliphatic carbocycles. The van der Waals surface area contributed by atoms with E-state index in [4.69, 9.17) is 9.47 Å². The fourth-order valence-electron chi connectivity index (χ4n) is 4.22. The van der Waals surface area contributed by atoms with Crippen LogP contribution in [0.25, 0.3) is 0 Å². The van der Waals surface area contributed by atoms with Gasteiger partial charge in [-0.2, -0.15) is 0 Å². The van der Waals surface area contributed by atoms with Crippen LogP contribution in [-0.4, -0.2) is 18.5 Å². The molecule has 0 radical (unpaired) electrons. The minimum atomic E-state index is -0.448. The lowest BCUT2D eigenvalue weighted by Crippen LogP contribution is -2.43. The Morgan fingerprint density at radius 2 is 1.62 bits per heavy atom. The van der Waals surface area contributed by atoms with Crippen LogP contribution in [0.2, 0.25) is 0 Å². The lowest BCUT2D eigenvalue weighted by molar-refractivity contribution is 0.0526. The smallest absolute Gasteiger partial charge is 0.338 e. The van der Waals surface area contributed by atoms with Crippen molar-refractivity contribution in [1.82, 2.24) is 0 Å². The van der Waals surface area contributed by atoms with Gasteiger partial charge in [0.15, 0.2) is 0 Å². The van der Waals surface area contributed by atoms with Gasteiger partial charge in [-0.15, -0.1) is 0 Å². The first-order valence-electron chi connectivity index (χ1n) is 12.0. The maximum atomic E-state index is 13.6. The number of carbonyl (C=O) groups is 2. The van der Waals surface area contributed by atoms with E-state index in [9.17, 15) is 9.59 Å². The number of esters is 1. The largest absolute Gasteiger partial charge is 0.489 e. The molecule has 4 aromatic carbocycles. The molecule has 1 amide bonds. The average Bonchev–Trinajstić information content (AvgIpc) is 2.93. The van der Waals surface area contributed by atoms with Crippen molar-refractivity contribution in [2.24, 2.45) is 0 Å². The molecule has 0 unspecified atom stereocenters. The second-order valence-electron chi connectivity index (χ2n) is 8.52. The molecule has 1 atom stereocenters. The first kappa shape index (κ1) is 24.6. The Bertz CT molecular complexity index is 1400. The highest BCUT2D eigenvalue weighted by molar-refractivity contribution is 9.10. The number of hydrogen-bond acceptors (Lipinski definition) is 5. The van der Waals surface area contributed by atoms with Crippen LogP contribution in [0.5, 0.6) is 5.75 Å². The number of amides is 1. The Kier molecular flexibility index (Phi) is 7.23. The van der Waals surface area contributed by atoms with Crippen LogP contribution in [0.3, 0.4) is 0 Å². The maximum Gasteiger partial charge on any atom is 0.338 e. The lowest BCUT2D eigenvalue weighted by Gasteiger charge is -2.38. The van der Waals surface area contributed by atoms with Gasteiger partial charge in [0, 0.05) is 15.8 Å². The Morgan fingerprint density at radius 3 is 2.32 bits per heavy atom. The van der Waals surface area contributed by atoms with Gasteiger partial charge in [0.25, 0.3) is 5.91 Å². The van der Waals surface area contributed by atoms with Crippen LogP contribution in [0.1, 0.15) is 44.9 Å². The molecule has 5 rings (SSSR count). The van der Waals surface area contributed by atoms with Gasteiger partial charge in [0.1, 0.15) is 18.5 Å². The van der Waals surface area contributed by atoms with Crippen molar-refractivity contribution in [3.8, 4) is 5.75 Å². The van der Waals surface area contributed by atoms with Crippen molar-refractivity contribution in [3.63, 3.8) is 0 Å². The number of nitrogens with one attached hydrogen (secondary N) is 1. The van der Waals surface area contributed by atoms with Crippen molar-refractivity contribution < 1.29 is 19.1 Å². The number of benzene rings is 4. The van der Waals surface area contributed by atoms with Crippen LogP contribution >= 0.6 is 15.9 Å². The Morgan fingerprint density at radius 1 is 0.919 bits per heavy atom.